The lowest BCUT2D eigenvalue weighted by Crippen LogP contribution is -2.36. The van der Waals surface area contributed by atoms with Crippen LogP contribution in [0.1, 0.15) is 6.92 Å². The molecule has 0 aromatic carbocycles. The lowest BCUT2D eigenvalue weighted by atomic mass is 10.3. The molecule has 0 aromatic rings. The minimum atomic E-state index is -0.212. The largest absolute Gasteiger partial charge is 0.464 e. The van der Waals surface area contributed by atoms with Crippen molar-refractivity contribution in [2.75, 3.05) is 32.8 Å². The van der Waals surface area contributed by atoms with Crippen LogP contribution in [0.2, 0.25) is 0 Å². The lowest BCUT2D eigenvalue weighted by Gasteiger charge is -2.22. The molecule has 1 atom stereocenters. The van der Waals surface area contributed by atoms with E-state index in [0.717, 1.165) is 0 Å². The standard InChI is InChI=1S/C8H17NO4/c1-8(13-7-12)6-9(2-4-10)3-5-11/h7-8,10-11H,2-6H2,1H3. The van der Waals surface area contributed by atoms with E-state index in [-0.39, 0.29) is 19.3 Å². The van der Waals surface area contributed by atoms with Gasteiger partial charge in [0.1, 0.15) is 6.10 Å². The Kier molecular flexibility index (Phi) is 7.57. The van der Waals surface area contributed by atoms with E-state index in [2.05, 4.69) is 4.74 Å². The molecule has 0 fully saturated rings. The molecule has 0 rings (SSSR count). The number of hydrogen-bond donors (Lipinski definition) is 2. The summed E-state index contributed by atoms with van der Waals surface area (Å²) >= 11 is 0. The van der Waals surface area contributed by atoms with Gasteiger partial charge in [-0.2, -0.15) is 0 Å². The molecule has 78 valence electrons. The van der Waals surface area contributed by atoms with Crippen LogP contribution < -0.4 is 0 Å². The third kappa shape index (κ3) is 6.51. The highest BCUT2D eigenvalue weighted by molar-refractivity contribution is 5.37. The van der Waals surface area contributed by atoms with Gasteiger partial charge in [0.2, 0.25) is 0 Å². The Labute approximate surface area is 77.9 Å². The predicted octanol–water partition coefficient (Wildman–Crippen LogP) is -1.17. The van der Waals surface area contributed by atoms with Gasteiger partial charge in [0.25, 0.3) is 6.47 Å². The zero-order chi connectivity index (χ0) is 10.1. The number of carbonyl (C=O) groups is 1. The van der Waals surface area contributed by atoms with E-state index in [1.54, 1.807) is 6.92 Å². The first kappa shape index (κ1) is 12.3. The summed E-state index contributed by atoms with van der Waals surface area (Å²) in [5.74, 6) is 0. The highest BCUT2D eigenvalue weighted by atomic mass is 16.5. The first-order valence-electron chi connectivity index (χ1n) is 4.27. The average Bonchev–Trinajstić information content (AvgIpc) is 2.05. The third-order valence-electron chi connectivity index (χ3n) is 1.64. The summed E-state index contributed by atoms with van der Waals surface area (Å²) in [6.07, 6.45) is -0.212. The molecule has 1 unspecified atom stereocenters. The number of aliphatic hydroxyl groups is 2. The molecule has 0 heterocycles. The minimum absolute atomic E-state index is 0.0355. The molecule has 0 saturated carbocycles. The summed E-state index contributed by atoms with van der Waals surface area (Å²) in [5.41, 5.74) is 0. The lowest BCUT2D eigenvalue weighted by molar-refractivity contribution is -0.133. The van der Waals surface area contributed by atoms with E-state index in [9.17, 15) is 4.79 Å². The van der Waals surface area contributed by atoms with Crippen LogP contribution >= 0.6 is 0 Å². The Bertz CT molecular complexity index is 125. The molecule has 0 amide bonds. The van der Waals surface area contributed by atoms with Crippen molar-refractivity contribution < 1.29 is 19.7 Å². The van der Waals surface area contributed by atoms with E-state index < -0.39 is 0 Å². The molecule has 0 radical (unpaired) electrons. The quantitative estimate of drug-likeness (QED) is 0.473. The zero-order valence-corrected chi connectivity index (χ0v) is 7.85. The normalized spacial score (nSPS) is 12.9. The number of nitrogens with zero attached hydrogens (tertiary/aromatic N) is 1. The Morgan fingerprint density at radius 1 is 1.38 bits per heavy atom. The third-order valence-corrected chi connectivity index (χ3v) is 1.64. The average molecular weight is 191 g/mol. The van der Waals surface area contributed by atoms with E-state index in [1.807, 2.05) is 4.90 Å². The molecular weight excluding hydrogens is 174 g/mol. The second kappa shape index (κ2) is 7.97. The molecule has 2 N–H and O–H groups in total. The van der Waals surface area contributed by atoms with Gasteiger partial charge in [-0.15, -0.1) is 0 Å². The van der Waals surface area contributed by atoms with Gasteiger partial charge < -0.3 is 14.9 Å². The van der Waals surface area contributed by atoms with Crippen molar-refractivity contribution in [1.29, 1.82) is 0 Å². The molecule has 5 nitrogen and oxygen atoms in total. The van der Waals surface area contributed by atoms with E-state index >= 15 is 0 Å². The Balaban J connectivity index is 3.70. The van der Waals surface area contributed by atoms with Gasteiger partial charge in [-0.05, 0) is 6.92 Å². The summed E-state index contributed by atoms with van der Waals surface area (Å²) < 4.78 is 4.68. The van der Waals surface area contributed by atoms with Gasteiger partial charge in [0, 0.05) is 19.6 Å². The molecule has 0 spiro atoms. The summed E-state index contributed by atoms with van der Waals surface area (Å²) in [6.45, 7) is 3.72. The second-order valence-corrected chi connectivity index (χ2v) is 2.79. The number of hydrogen-bond acceptors (Lipinski definition) is 5. The summed E-state index contributed by atoms with van der Waals surface area (Å²) in [7, 11) is 0. The Morgan fingerprint density at radius 2 is 1.92 bits per heavy atom. The first-order valence-corrected chi connectivity index (χ1v) is 4.27. The maximum atomic E-state index is 9.97. The van der Waals surface area contributed by atoms with Gasteiger partial charge in [-0.1, -0.05) is 0 Å². The fourth-order valence-electron chi connectivity index (χ4n) is 1.08. The van der Waals surface area contributed by atoms with Crippen molar-refractivity contribution >= 4 is 6.47 Å². The van der Waals surface area contributed by atoms with Crippen LogP contribution in [0.5, 0.6) is 0 Å². The molecule has 0 aliphatic rings. The van der Waals surface area contributed by atoms with E-state index in [1.165, 1.54) is 0 Å². The van der Waals surface area contributed by atoms with Crippen molar-refractivity contribution in [2.45, 2.75) is 13.0 Å². The van der Waals surface area contributed by atoms with Gasteiger partial charge in [-0.25, -0.2) is 0 Å². The smallest absolute Gasteiger partial charge is 0.293 e. The van der Waals surface area contributed by atoms with Crippen molar-refractivity contribution in [2.24, 2.45) is 0 Å². The fourth-order valence-corrected chi connectivity index (χ4v) is 1.08. The van der Waals surface area contributed by atoms with Gasteiger partial charge in [0.15, 0.2) is 0 Å². The number of rotatable bonds is 8. The summed E-state index contributed by atoms with van der Waals surface area (Å²) in [6, 6.07) is 0. The first-order chi connectivity index (χ1) is 6.24. The van der Waals surface area contributed by atoms with E-state index in [0.29, 0.717) is 26.1 Å². The van der Waals surface area contributed by atoms with Crippen LogP contribution in [0.4, 0.5) is 0 Å². The molecule has 0 saturated heterocycles. The summed E-state index contributed by atoms with van der Waals surface area (Å²) in [5, 5.41) is 17.3. The SMILES string of the molecule is CC(CN(CCO)CCO)OC=O. The van der Waals surface area contributed by atoms with Crippen LogP contribution in [-0.4, -0.2) is 60.5 Å². The topological polar surface area (TPSA) is 70.0 Å². The van der Waals surface area contributed by atoms with Crippen LogP contribution in [0, 0.1) is 0 Å². The van der Waals surface area contributed by atoms with Crippen LogP contribution in [0.15, 0.2) is 0 Å². The molecule has 13 heavy (non-hydrogen) atoms. The van der Waals surface area contributed by atoms with Gasteiger partial charge in [-0.3, -0.25) is 9.69 Å². The summed E-state index contributed by atoms with van der Waals surface area (Å²) in [4.78, 5) is 11.8. The second-order valence-electron chi connectivity index (χ2n) is 2.79. The number of aliphatic hydroxyl groups excluding tert-OH is 2. The van der Waals surface area contributed by atoms with Crippen LogP contribution in [0.25, 0.3) is 0 Å². The molecule has 0 aliphatic carbocycles. The minimum Gasteiger partial charge on any atom is -0.464 e. The van der Waals surface area contributed by atoms with Crippen molar-refractivity contribution in [1.82, 2.24) is 4.90 Å². The van der Waals surface area contributed by atoms with Crippen molar-refractivity contribution in [3.05, 3.63) is 0 Å². The van der Waals surface area contributed by atoms with Crippen molar-refractivity contribution in [3.8, 4) is 0 Å². The maximum Gasteiger partial charge on any atom is 0.293 e. The molecule has 0 aliphatic heterocycles. The maximum absolute atomic E-state index is 9.97. The Hall–Kier alpha value is -0.650. The zero-order valence-electron chi connectivity index (χ0n) is 7.85. The van der Waals surface area contributed by atoms with Gasteiger partial charge in [0.05, 0.1) is 13.2 Å². The highest BCUT2D eigenvalue weighted by Crippen LogP contribution is 1.94. The molecule has 0 aromatic heterocycles. The molecule has 5 heteroatoms. The van der Waals surface area contributed by atoms with Gasteiger partial charge >= 0.3 is 0 Å². The number of carbonyl (C=O) groups excluding carboxylic acids is 1. The number of ether oxygens (including phenoxy) is 1. The monoisotopic (exact) mass is 191 g/mol. The van der Waals surface area contributed by atoms with Crippen molar-refractivity contribution in [3.63, 3.8) is 0 Å². The molecular formula is C8H17NO4. The molecule has 0 bridgehead atoms. The highest BCUT2D eigenvalue weighted by Gasteiger charge is 2.09. The van der Waals surface area contributed by atoms with Crippen LogP contribution in [0.3, 0.4) is 0 Å². The fraction of sp³-hybridized carbons (Fsp3) is 0.875. The predicted molar refractivity (Wildman–Crippen MR) is 47.2 cm³/mol. The van der Waals surface area contributed by atoms with Crippen LogP contribution in [-0.2, 0) is 9.53 Å². The van der Waals surface area contributed by atoms with E-state index in [4.69, 9.17) is 10.2 Å². The Morgan fingerprint density at radius 3 is 2.31 bits per heavy atom.